The van der Waals surface area contributed by atoms with Gasteiger partial charge in [-0.3, -0.25) is 9.59 Å². The molecule has 0 N–H and O–H groups in total. The molecule has 0 bridgehead atoms. The molecule has 96 valence electrons. The molecule has 0 aromatic heterocycles. The van der Waals surface area contributed by atoms with Crippen LogP contribution in [0.1, 0.15) is 41.8 Å². The SMILES string of the molecule is CCOC(=O)C1CCc2cc(CC)ccc2C1=O. The molecule has 1 aliphatic rings. The van der Waals surface area contributed by atoms with Gasteiger partial charge in [-0.1, -0.05) is 25.1 Å². The number of hydrogen-bond acceptors (Lipinski definition) is 3. The zero-order valence-corrected chi connectivity index (χ0v) is 10.9. The molecule has 0 saturated heterocycles. The van der Waals surface area contributed by atoms with Crippen molar-refractivity contribution in [1.29, 1.82) is 0 Å². The van der Waals surface area contributed by atoms with Gasteiger partial charge in [0.15, 0.2) is 5.78 Å². The van der Waals surface area contributed by atoms with E-state index in [9.17, 15) is 9.59 Å². The normalized spacial score (nSPS) is 18.3. The monoisotopic (exact) mass is 246 g/mol. The van der Waals surface area contributed by atoms with Crippen molar-refractivity contribution in [2.75, 3.05) is 6.61 Å². The highest BCUT2D eigenvalue weighted by atomic mass is 16.5. The predicted octanol–water partition coefficient (Wildman–Crippen LogP) is 2.56. The molecule has 1 aromatic carbocycles. The fraction of sp³-hybridized carbons (Fsp3) is 0.467. The van der Waals surface area contributed by atoms with Crippen molar-refractivity contribution in [2.45, 2.75) is 33.1 Å². The minimum Gasteiger partial charge on any atom is -0.465 e. The lowest BCUT2D eigenvalue weighted by Crippen LogP contribution is -2.31. The van der Waals surface area contributed by atoms with Crippen LogP contribution in [0.5, 0.6) is 0 Å². The summed E-state index contributed by atoms with van der Waals surface area (Å²) in [7, 11) is 0. The maximum absolute atomic E-state index is 12.2. The molecule has 1 aromatic rings. The van der Waals surface area contributed by atoms with Crippen molar-refractivity contribution in [3.8, 4) is 0 Å². The van der Waals surface area contributed by atoms with Crippen LogP contribution in [-0.2, 0) is 22.4 Å². The molecular weight excluding hydrogens is 228 g/mol. The maximum Gasteiger partial charge on any atom is 0.316 e. The second-order valence-corrected chi connectivity index (χ2v) is 4.55. The summed E-state index contributed by atoms with van der Waals surface area (Å²) >= 11 is 0. The number of esters is 1. The van der Waals surface area contributed by atoms with Gasteiger partial charge in [-0.15, -0.1) is 0 Å². The Morgan fingerprint density at radius 2 is 2.17 bits per heavy atom. The van der Waals surface area contributed by atoms with Gasteiger partial charge in [0, 0.05) is 5.56 Å². The molecule has 0 spiro atoms. The van der Waals surface area contributed by atoms with E-state index in [4.69, 9.17) is 4.74 Å². The summed E-state index contributed by atoms with van der Waals surface area (Å²) in [4.78, 5) is 23.9. The Labute approximate surface area is 107 Å². The minimum absolute atomic E-state index is 0.0858. The Morgan fingerprint density at radius 1 is 1.39 bits per heavy atom. The highest BCUT2D eigenvalue weighted by Crippen LogP contribution is 2.27. The van der Waals surface area contributed by atoms with Crippen LogP contribution in [0.2, 0.25) is 0 Å². The number of aryl methyl sites for hydroxylation is 2. The van der Waals surface area contributed by atoms with Crippen LogP contribution in [0, 0.1) is 5.92 Å². The molecule has 3 nitrogen and oxygen atoms in total. The first kappa shape index (κ1) is 12.8. The quantitative estimate of drug-likeness (QED) is 0.608. The Bertz CT molecular complexity index is 477. The zero-order valence-electron chi connectivity index (χ0n) is 10.9. The van der Waals surface area contributed by atoms with Crippen LogP contribution in [0.25, 0.3) is 0 Å². The second kappa shape index (κ2) is 5.34. The van der Waals surface area contributed by atoms with Crippen LogP contribution in [-0.4, -0.2) is 18.4 Å². The van der Waals surface area contributed by atoms with Crippen LogP contribution in [0.4, 0.5) is 0 Å². The van der Waals surface area contributed by atoms with Gasteiger partial charge >= 0.3 is 5.97 Å². The molecule has 0 fully saturated rings. The third-order valence-corrected chi connectivity index (χ3v) is 3.43. The molecule has 0 radical (unpaired) electrons. The van der Waals surface area contributed by atoms with Crippen molar-refractivity contribution in [3.63, 3.8) is 0 Å². The van der Waals surface area contributed by atoms with Crippen molar-refractivity contribution in [1.82, 2.24) is 0 Å². The first-order valence-electron chi connectivity index (χ1n) is 6.50. The zero-order chi connectivity index (χ0) is 13.1. The molecule has 1 atom stereocenters. The summed E-state index contributed by atoms with van der Waals surface area (Å²) in [6, 6.07) is 5.89. The Kier molecular flexibility index (Phi) is 3.80. The smallest absolute Gasteiger partial charge is 0.316 e. The molecule has 2 rings (SSSR count). The Morgan fingerprint density at radius 3 is 2.83 bits per heavy atom. The van der Waals surface area contributed by atoms with Gasteiger partial charge < -0.3 is 4.74 Å². The summed E-state index contributed by atoms with van der Waals surface area (Å²) in [5, 5.41) is 0. The van der Waals surface area contributed by atoms with Crippen LogP contribution in [0.3, 0.4) is 0 Å². The van der Waals surface area contributed by atoms with E-state index in [-0.39, 0.29) is 11.8 Å². The summed E-state index contributed by atoms with van der Waals surface area (Å²) in [5.41, 5.74) is 2.99. The molecule has 1 unspecified atom stereocenters. The molecule has 18 heavy (non-hydrogen) atoms. The maximum atomic E-state index is 12.2. The number of carbonyl (C=O) groups is 2. The summed E-state index contributed by atoms with van der Waals surface area (Å²) in [6.45, 7) is 4.17. The van der Waals surface area contributed by atoms with Gasteiger partial charge in [0.2, 0.25) is 0 Å². The van der Waals surface area contributed by atoms with E-state index < -0.39 is 5.92 Å². The van der Waals surface area contributed by atoms with Crippen LogP contribution >= 0.6 is 0 Å². The van der Waals surface area contributed by atoms with Crippen LogP contribution < -0.4 is 0 Å². The third-order valence-electron chi connectivity index (χ3n) is 3.43. The van der Waals surface area contributed by atoms with Gasteiger partial charge in [0.05, 0.1) is 6.61 Å². The number of rotatable bonds is 3. The number of fused-ring (bicyclic) bond motifs is 1. The first-order valence-corrected chi connectivity index (χ1v) is 6.50. The Hall–Kier alpha value is -1.64. The second-order valence-electron chi connectivity index (χ2n) is 4.55. The van der Waals surface area contributed by atoms with E-state index >= 15 is 0 Å². The lowest BCUT2D eigenvalue weighted by Gasteiger charge is -2.22. The topological polar surface area (TPSA) is 43.4 Å². The van der Waals surface area contributed by atoms with Crippen molar-refractivity contribution >= 4 is 11.8 Å². The van der Waals surface area contributed by atoms with Crippen molar-refractivity contribution in [2.24, 2.45) is 5.92 Å². The van der Waals surface area contributed by atoms with E-state index in [1.54, 1.807) is 6.92 Å². The summed E-state index contributed by atoms with van der Waals surface area (Å²) < 4.78 is 4.95. The lowest BCUT2D eigenvalue weighted by molar-refractivity contribution is -0.146. The molecule has 0 amide bonds. The van der Waals surface area contributed by atoms with E-state index in [1.807, 2.05) is 12.1 Å². The largest absolute Gasteiger partial charge is 0.465 e. The number of ketones is 1. The summed E-state index contributed by atoms with van der Waals surface area (Å²) in [6.07, 6.45) is 2.30. The van der Waals surface area contributed by atoms with Gasteiger partial charge in [-0.25, -0.2) is 0 Å². The van der Waals surface area contributed by atoms with E-state index in [2.05, 4.69) is 13.0 Å². The highest BCUT2D eigenvalue weighted by Gasteiger charge is 2.33. The molecule has 3 heteroatoms. The first-order chi connectivity index (χ1) is 8.67. The average molecular weight is 246 g/mol. The Balaban J connectivity index is 2.26. The number of Topliss-reactive ketones (excluding diaryl/α,β-unsaturated/α-hetero) is 1. The van der Waals surface area contributed by atoms with E-state index in [0.717, 1.165) is 18.4 Å². The standard InChI is InChI=1S/C15H18O3/c1-3-10-5-7-12-11(9-10)6-8-13(14(12)16)15(17)18-4-2/h5,7,9,13H,3-4,6,8H2,1-2H3. The van der Waals surface area contributed by atoms with Gasteiger partial charge in [0.25, 0.3) is 0 Å². The van der Waals surface area contributed by atoms with Gasteiger partial charge in [-0.05, 0) is 37.3 Å². The third kappa shape index (κ3) is 2.30. The predicted molar refractivity (Wildman–Crippen MR) is 68.6 cm³/mol. The number of hydrogen-bond donors (Lipinski definition) is 0. The molecule has 0 saturated carbocycles. The fourth-order valence-electron chi connectivity index (χ4n) is 2.40. The van der Waals surface area contributed by atoms with Crippen molar-refractivity contribution in [3.05, 3.63) is 34.9 Å². The molecule has 0 heterocycles. The van der Waals surface area contributed by atoms with Crippen LogP contribution in [0.15, 0.2) is 18.2 Å². The molecule has 0 aliphatic heterocycles. The fourth-order valence-corrected chi connectivity index (χ4v) is 2.40. The number of benzene rings is 1. The van der Waals surface area contributed by atoms with Crippen molar-refractivity contribution < 1.29 is 14.3 Å². The highest BCUT2D eigenvalue weighted by molar-refractivity contribution is 6.10. The number of carbonyl (C=O) groups excluding carboxylic acids is 2. The van der Waals surface area contributed by atoms with E-state index in [0.29, 0.717) is 18.6 Å². The van der Waals surface area contributed by atoms with Gasteiger partial charge in [0.1, 0.15) is 5.92 Å². The lowest BCUT2D eigenvalue weighted by atomic mass is 9.82. The minimum atomic E-state index is -0.607. The molecule has 1 aliphatic carbocycles. The molecular formula is C15H18O3. The summed E-state index contributed by atoms with van der Waals surface area (Å²) in [5.74, 6) is -1.07. The number of ether oxygens (including phenoxy) is 1. The van der Waals surface area contributed by atoms with E-state index in [1.165, 1.54) is 5.56 Å². The average Bonchev–Trinajstić information content (AvgIpc) is 2.38. The van der Waals surface area contributed by atoms with Gasteiger partial charge in [-0.2, -0.15) is 0 Å².